The molecule has 1 fully saturated rings. The maximum absolute atomic E-state index is 14.9. The maximum Gasteiger partial charge on any atom is 0.375 e. The lowest BCUT2D eigenvalue weighted by Crippen LogP contribution is -2.57. The number of carboxylic acids is 4. The molecule has 37 heteroatoms. The van der Waals surface area contributed by atoms with Gasteiger partial charge in [-0.1, -0.05) is 60.7 Å². The fourth-order valence-corrected chi connectivity index (χ4v) is 9.88. The van der Waals surface area contributed by atoms with Crippen LogP contribution in [0.15, 0.2) is 60.7 Å². The molecule has 454 valence electrons. The van der Waals surface area contributed by atoms with E-state index in [1.165, 1.54) is 29.6 Å². The van der Waals surface area contributed by atoms with Crippen LogP contribution in [0, 0.1) is 23.7 Å². The summed E-state index contributed by atoms with van der Waals surface area (Å²) in [6, 6.07) is 2.55. The summed E-state index contributed by atoms with van der Waals surface area (Å²) >= 11 is 0. The number of benzene rings is 2. The number of hydrogen-bond acceptors (Lipinski definition) is 22. The van der Waals surface area contributed by atoms with Crippen molar-refractivity contribution < 1.29 is 136 Å². The van der Waals surface area contributed by atoms with Gasteiger partial charge in [-0.3, -0.25) is 52.0 Å². The third-order valence-electron chi connectivity index (χ3n) is 11.8. The molecule has 1 aliphatic rings. The van der Waals surface area contributed by atoms with Crippen molar-refractivity contribution in [1.29, 1.82) is 0 Å². The number of rotatable bonds is 33. The molecule has 0 radical (unpaired) electrons. The Morgan fingerprint density at radius 2 is 0.735 bits per heavy atom. The number of Topliss-reactive ketones (excluding diaryl/α,β-unsaturated/α-hetero) is 3. The molecular weight excluding hydrogens is 1180 g/mol. The van der Waals surface area contributed by atoms with Gasteiger partial charge in [-0.05, 0) is 30.4 Å². The molecule has 0 spiro atoms. The number of ketones is 3. The molecule has 2 aromatic rings. The van der Waals surface area contributed by atoms with Crippen LogP contribution < -0.4 is 26.6 Å². The van der Waals surface area contributed by atoms with Gasteiger partial charge in [0.1, 0.15) is 72.4 Å². The molecule has 0 bridgehead atoms. The van der Waals surface area contributed by atoms with E-state index in [9.17, 15) is 122 Å². The fourth-order valence-electron chi connectivity index (χ4n) is 7.93. The molecule has 3 rings (SSSR count). The molecule has 9 atom stereocenters. The number of aliphatic carboxylic acids is 4. The highest BCUT2D eigenvalue weighted by Crippen LogP contribution is 2.37. The van der Waals surface area contributed by atoms with Crippen LogP contribution in [0.5, 0.6) is 0 Å². The molecular formula is C46H53N5O29S3. The third kappa shape index (κ3) is 24.1. The van der Waals surface area contributed by atoms with Gasteiger partial charge in [0.2, 0.25) is 41.1 Å². The highest BCUT2D eigenvalue weighted by Gasteiger charge is 2.47. The minimum atomic E-state index is -5.25. The summed E-state index contributed by atoms with van der Waals surface area (Å²) < 4.78 is 107. The SMILES string of the molecule is O=C(CC(NC(=O)C(CC(=O)NC(CS(=O)(=O)O)C(=O)O)NC(=O)[C@@H](CC(=O)NC(CS(=O)(=O)O)C(=O)O)C(=O)C1C[C@@H](C(=O)C(=O)OCc2ccccc2)C[C@@H](C(=O)C(=O)OCc2ccccc2)C1)C(=O)O)NC(CS(=O)(=O)O)C(=O)O. The molecule has 0 aliphatic heterocycles. The lowest BCUT2D eigenvalue weighted by molar-refractivity contribution is -0.160. The largest absolute Gasteiger partial charge is 0.480 e. The van der Waals surface area contributed by atoms with Gasteiger partial charge in [0.25, 0.3) is 30.4 Å². The zero-order chi connectivity index (χ0) is 62.7. The van der Waals surface area contributed by atoms with Crippen LogP contribution in [0.1, 0.15) is 49.7 Å². The van der Waals surface area contributed by atoms with Crippen molar-refractivity contribution in [3.05, 3.63) is 71.8 Å². The zero-order valence-electron chi connectivity index (χ0n) is 42.6. The van der Waals surface area contributed by atoms with Gasteiger partial charge in [-0.15, -0.1) is 0 Å². The molecule has 34 nitrogen and oxygen atoms in total. The number of esters is 2. The van der Waals surface area contributed by atoms with E-state index in [-0.39, 0.29) is 0 Å². The van der Waals surface area contributed by atoms with Crippen molar-refractivity contribution >= 4 is 113 Å². The van der Waals surface area contributed by atoms with Crippen LogP contribution in [0.2, 0.25) is 0 Å². The lowest BCUT2D eigenvalue weighted by atomic mass is 9.69. The number of carboxylic acid groups (broad SMARTS) is 4. The Morgan fingerprint density at radius 3 is 1.07 bits per heavy atom. The summed E-state index contributed by atoms with van der Waals surface area (Å²) in [6.07, 6.45) is -7.22. The van der Waals surface area contributed by atoms with E-state index in [0.717, 1.165) is 0 Å². The summed E-state index contributed by atoms with van der Waals surface area (Å²) in [5, 5.41) is 46.5. The summed E-state index contributed by atoms with van der Waals surface area (Å²) in [6.45, 7) is -0.984. The van der Waals surface area contributed by atoms with E-state index in [1.54, 1.807) is 57.7 Å². The maximum atomic E-state index is 14.9. The average molecular weight is 1240 g/mol. The van der Waals surface area contributed by atoms with Crippen LogP contribution in [0.25, 0.3) is 0 Å². The van der Waals surface area contributed by atoms with Crippen molar-refractivity contribution in [2.45, 2.75) is 81.9 Å². The van der Waals surface area contributed by atoms with Crippen LogP contribution in [-0.4, -0.2) is 190 Å². The van der Waals surface area contributed by atoms with Gasteiger partial charge in [0, 0.05) is 24.2 Å². The van der Waals surface area contributed by atoms with Gasteiger partial charge < -0.3 is 56.5 Å². The van der Waals surface area contributed by atoms with E-state index in [4.69, 9.17) is 14.0 Å². The summed E-state index contributed by atoms with van der Waals surface area (Å²) in [5.74, 6) is -38.5. The second-order valence-corrected chi connectivity index (χ2v) is 22.8. The predicted octanol–water partition coefficient (Wildman–Crippen LogP) is -4.57. The first kappa shape index (κ1) is 68.6. The second kappa shape index (κ2) is 30.4. The number of nitrogens with one attached hydrogen (secondary N) is 5. The molecule has 6 unspecified atom stereocenters. The van der Waals surface area contributed by atoms with Crippen molar-refractivity contribution in [1.82, 2.24) is 26.6 Å². The molecule has 0 heterocycles. The monoisotopic (exact) mass is 1240 g/mol. The first-order valence-electron chi connectivity index (χ1n) is 23.7. The molecule has 83 heavy (non-hydrogen) atoms. The lowest BCUT2D eigenvalue weighted by Gasteiger charge is -2.33. The van der Waals surface area contributed by atoms with Crippen molar-refractivity contribution in [3.63, 3.8) is 0 Å². The smallest absolute Gasteiger partial charge is 0.375 e. The van der Waals surface area contributed by atoms with Crippen LogP contribution in [0.4, 0.5) is 0 Å². The minimum Gasteiger partial charge on any atom is -0.480 e. The van der Waals surface area contributed by atoms with Gasteiger partial charge in [-0.2, -0.15) is 25.3 Å². The number of hydrogen-bond donors (Lipinski definition) is 12. The molecule has 1 aliphatic carbocycles. The summed E-state index contributed by atoms with van der Waals surface area (Å²) in [7, 11) is -15.6. The number of amides is 5. The Kier molecular flexibility index (Phi) is 25.1. The van der Waals surface area contributed by atoms with Gasteiger partial charge in [0.05, 0.1) is 12.8 Å². The van der Waals surface area contributed by atoms with Gasteiger partial charge in [-0.25, -0.2) is 28.8 Å². The van der Waals surface area contributed by atoms with E-state index in [0.29, 0.717) is 11.1 Å². The molecule has 12 N–H and O–H groups in total. The third-order valence-corrected chi connectivity index (χ3v) is 14.1. The number of ether oxygens (including phenoxy) is 2. The first-order valence-corrected chi connectivity index (χ1v) is 28.5. The predicted molar refractivity (Wildman–Crippen MR) is 269 cm³/mol. The Labute approximate surface area is 468 Å². The van der Waals surface area contributed by atoms with E-state index < -0.39 is 236 Å². The van der Waals surface area contributed by atoms with Crippen molar-refractivity contribution in [2.75, 3.05) is 17.3 Å². The summed E-state index contributed by atoms with van der Waals surface area (Å²) in [5.41, 5.74) is 0.758. The van der Waals surface area contributed by atoms with Crippen LogP contribution in [-0.2, 0) is 120 Å². The Morgan fingerprint density at radius 1 is 0.422 bits per heavy atom. The van der Waals surface area contributed by atoms with Gasteiger partial charge in [0.15, 0.2) is 0 Å². The highest BCUT2D eigenvalue weighted by atomic mass is 32.2. The van der Waals surface area contributed by atoms with E-state index in [2.05, 4.69) is 0 Å². The second-order valence-electron chi connectivity index (χ2n) is 18.3. The topological polar surface area (TPSA) is 562 Å². The van der Waals surface area contributed by atoms with Crippen LogP contribution in [0.3, 0.4) is 0 Å². The first-order chi connectivity index (χ1) is 38.4. The van der Waals surface area contributed by atoms with Crippen molar-refractivity contribution in [2.24, 2.45) is 23.7 Å². The minimum absolute atomic E-state index is 0.379. The van der Waals surface area contributed by atoms with Gasteiger partial charge >= 0.3 is 35.8 Å². The van der Waals surface area contributed by atoms with Crippen molar-refractivity contribution in [3.8, 4) is 0 Å². The summed E-state index contributed by atoms with van der Waals surface area (Å²) in [4.78, 5) is 185. The molecule has 0 saturated heterocycles. The number of carbonyl (C=O) groups is 14. The Hall–Kier alpha value is -8.65. The molecule has 5 amide bonds. The van der Waals surface area contributed by atoms with E-state index in [1.807, 2.05) is 0 Å². The van der Waals surface area contributed by atoms with E-state index >= 15 is 0 Å². The molecule has 2 aromatic carbocycles. The Bertz CT molecular complexity index is 3120. The number of carbonyl (C=O) groups excluding carboxylic acids is 10. The van der Waals surface area contributed by atoms with Crippen LogP contribution >= 0.6 is 0 Å². The highest BCUT2D eigenvalue weighted by molar-refractivity contribution is 7.86. The molecule has 0 aromatic heterocycles. The standard InChI is InChI=1S/C46H53N5O29S3/c52-33(47-30(42(62)63)19-81(70,71)72)14-27(36(55)24-11-25(37(56)45(68)79-17-22-7-3-1-4-8-22)13-26(12-24)38(57)46(69)80-18-23-9-5-2-6-10-23)39(58)50-28(15-34(53)48-31(43(64)65)20-82(73,74)75)40(59)51-29(41(60)61)16-35(54)49-32(44(66)67)21-83(76,77)78/h1-10,24-32H,11-21H2,(H,47,52)(H,48,53)(H,49,54)(H,50,58)(H,51,59)(H,60,61)(H,62,63)(H,64,65)(H,66,67)(H,70,71,72)(H,73,74,75)(H,76,77,78)/t24?,25-,26+,27-,28?,29?,30?,31?,32?/m0/s1. The zero-order valence-corrected chi connectivity index (χ0v) is 45.0. The fraction of sp³-hybridized carbons (Fsp3) is 0.435. The average Bonchev–Trinajstić information content (AvgIpc) is 3.49. The molecule has 1 saturated carbocycles. The Balaban J connectivity index is 2.18. The quantitative estimate of drug-likeness (QED) is 0.0139. The normalized spacial score (nSPS) is 17.4.